The van der Waals surface area contributed by atoms with Crippen LogP contribution >= 0.6 is 0 Å². The van der Waals surface area contributed by atoms with Crippen LogP contribution in [-0.2, 0) is 0 Å². The summed E-state index contributed by atoms with van der Waals surface area (Å²) in [5.74, 6) is 0.983. The molecule has 2 N–H and O–H groups in total. The minimum absolute atomic E-state index is 0.252. The molecule has 1 rings (SSSR count). The van der Waals surface area contributed by atoms with E-state index in [0.29, 0.717) is 11.6 Å². The first-order valence-corrected chi connectivity index (χ1v) is 4.93. The first-order valence-electron chi connectivity index (χ1n) is 4.93. The molecule has 0 spiro atoms. The van der Waals surface area contributed by atoms with Gasteiger partial charge in [-0.3, -0.25) is 0 Å². The second kappa shape index (κ2) is 4.47. The Bertz CT molecular complexity index is 246. The lowest BCUT2D eigenvalue weighted by Crippen LogP contribution is -2.35. The van der Waals surface area contributed by atoms with Gasteiger partial charge in [-0.05, 0) is 5.82 Å². The Morgan fingerprint density at radius 2 is 1.62 bits per heavy atom. The third kappa shape index (κ3) is 2.59. The van der Waals surface area contributed by atoms with Crippen molar-refractivity contribution in [3.05, 3.63) is 35.9 Å². The minimum atomic E-state index is 0.252. The van der Waals surface area contributed by atoms with E-state index in [0.717, 1.165) is 0 Å². The van der Waals surface area contributed by atoms with Gasteiger partial charge in [0.1, 0.15) is 0 Å². The first-order chi connectivity index (χ1) is 6.13. The van der Waals surface area contributed by atoms with Crippen LogP contribution in [0.3, 0.4) is 0 Å². The summed E-state index contributed by atoms with van der Waals surface area (Å²) < 4.78 is 0. The average molecular weight is 175 g/mol. The maximum Gasteiger partial charge on any atom is 0.227 e. The fourth-order valence-corrected chi connectivity index (χ4v) is 1.56. The lowest BCUT2D eigenvalue weighted by atomic mass is 9.44. The highest BCUT2D eigenvalue weighted by Gasteiger charge is 2.21. The Hall–Kier alpha value is -0.755. The van der Waals surface area contributed by atoms with E-state index < -0.39 is 0 Å². The second-order valence-electron chi connectivity index (χ2n) is 4.02. The van der Waals surface area contributed by atoms with Crippen LogP contribution in [0.4, 0.5) is 0 Å². The summed E-state index contributed by atoms with van der Waals surface area (Å²) in [7, 11) is 0. The van der Waals surface area contributed by atoms with Gasteiger partial charge >= 0.3 is 0 Å². The number of hydrogen-bond donors (Lipinski definition) is 1. The number of rotatable bonds is 3. The molecule has 70 valence electrons. The van der Waals surface area contributed by atoms with Gasteiger partial charge in [0.05, 0.1) is 0 Å². The molecule has 0 aromatic heterocycles. The van der Waals surface area contributed by atoms with Crippen LogP contribution in [0.1, 0.15) is 32.2 Å². The van der Waals surface area contributed by atoms with Crippen LogP contribution in [0.5, 0.6) is 0 Å². The maximum atomic E-state index is 6.09. The predicted molar refractivity (Wildman–Crippen MR) is 59.9 cm³/mol. The van der Waals surface area contributed by atoms with Gasteiger partial charge in [-0.2, -0.15) is 0 Å². The molecule has 0 aliphatic carbocycles. The fourth-order valence-electron chi connectivity index (χ4n) is 1.56. The van der Waals surface area contributed by atoms with Gasteiger partial charge in [0.25, 0.3) is 0 Å². The van der Waals surface area contributed by atoms with E-state index in [9.17, 15) is 0 Å². The largest absolute Gasteiger partial charge is 0.369 e. The van der Waals surface area contributed by atoms with E-state index in [-0.39, 0.29) is 6.85 Å². The van der Waals surface area contributed by atoms with Crippen molar-refractivity contribution in [2.75, 3.05) is 0 Å². The fraction of sp³-hybridized carbons (Fsp3) is 0.455. The van der Waals surface area contributed by atoms with Crippen molar-refractivity contribution in [1.82, 2.24) is 0 Å². The van der Waals surface area contributed by atoms with Crippen LogP contribution in [0, 0.1) is 0 Å². The molecule has 0 saturated heterocycles. The SMILES string of the molecule is CC(C)B(N)C(C)c1ccccc1. The standard InChI is InChI=1S/C11H18BN/c1-9(2)12(13)10(3)11-7-5-4-6-8-11/h4-10H,13H2,1-3H3. The maximum absolute atomic E-state index is 6.09. The molecular weight excluding hydrogens is 157 g/mol. The number of hydrogen-bond acceptors (Lipinski definition) is 1. The van der Waals surface area contributed by atoms with Crippen molar-refractivity contribution >= 4 is 6.85 Å². The third-order valence-corrected chi connectivity index (χ3v) is 2.67. The van der Waals surface area contributed by atoms with E-state index in [1.807, 2.05) is 6.07 Å². The van der Waals surface area contributed by atoms with Crippen molar-refractivity contribution < 1.29 is 0 Å². The highest BCUT2D eigenvalue weighted by Crippen LogP contribution is 2.21. The molecule has 1 unspecified atom stereocenters. The average Bonchev–Trinajstić information content (AvgIpc) is 2.17. The molecule has 1 aromatic carbocycles. The Labute approximate surface area is 81.4 Å². The number of benzene rings is 1. The summed E-state index contributed by atoms with van der Waals surface area (Å²) >= 11 is 0. The smallest absolute Gasteiger partial charge is 0.227 e. The Balaban J connectivity index is 2.73. The van der Waals surface area contributed by atoms with Gasteiger partial charge in [-0.15, -0.1) is 0 Å². The zero-order valence-electron chi connectivity index (χ0n) is 8.70. The van der Waals surface area contributed by atoms with Gasteiger partial charge in [0.15, 0.2) is 0 Å². The van der Waals surface area contributed by atoms with Gasteiger partial charge in [0.2, 0.25) is 6.85 Å². The van der Waals surface area contributed by atoms with E-state index >= 15 is 0 Å². The summed E-state index contributed by atoms with van der Waals surface area (Å²) in [6.45, 7) is 6.79. The monoisotopic (exact) mass is 175 g/mol. The van der Waals surface area contributed by atoms with Crippen molar-refractivity contribution in [2.24, 2.45) is 5.64 Å². The lowest BCUT2D eigenvalue weighted by Gasteiger charge is -2.19. The molecule has 13 heavy (non-hydrogen) atoms. The first kappa shape index (κ1) is 10.3. The molecule has 0 heterocycles. The van der Waals surface area contributed by atoms with Gasteiger partial charge in [-0.1, -0.05) is 62.5 Å². The summed E-state index contributed by atoms with van der Waals surface area (Å²) in [5, 5.41) is 0. The highest BCUT2D eigenvalue weighted by molar-refractivity contribution is 6.58. The second-order valence-corrected chi connectivity index (χ2v) is 4.02. The molecule has 1 aromatic rings. The molecule has 2 heteroatoms. The highest BCUT2D eigenvalue weighted by atomic mass is 14.4. The van der Waals surface area contributed by atoms with Crippen molar-refractivity contribution in [3.63, 3.8) is 0 Å². The van der Waals surface area contributed by atoms with Crippen molar-refractivity contribution in [1.29, 1.82) is 0 Å². The molecule has 1 atom stereocenters. The van der Waals surface area contributed by atoms with Crippen LogP contribution in [-0.4, -0.2) is 6.85 Å². The van der Waals surface area contributed by atoms with Crippen molar-refractivity contribution in [3.8, 4) is 0 Å². The van der Waals surface area contributed by atoms with Crippen LogP contribution in [0.25, 0.3) is 0 Å². The van der Waals surface area contributed by atoms with E-state index in [1.54, 1.807) is 0 Å². The van der Waals surface area contributed by atoms with Gasteiger partial charge in [-0.25, -0.2) is 0 Å². The topological polar surface area (TPSA) is 26.0 Å². The van der Waals surface area contributed by atoms with Gasteiger partial charge in [0, 0.05) is 0 Å². The molecule has 0 aliphatic heterocycles. The molecule has 1 nitrogen and oxygen atoms in total. The van der Waals surface area contributed by atoms with E-state index in [1.165, 1.54) is 5.56 Å². The molecule has 0 amide bonds. The van der Waals surface area contributed by atoms with Crippen LogP contribution < -0.4 is 5.64 Å². The summed E-state index contributed by atoms with van der Waals surface area (Å²) in [6, 6.07) is 10.5. The quantitative estimate of drug-likeness (QED) is 0.702. The molecule has 0 radical (unpaired) electrons. The summed E-state index contributed by atoms with van der Waals surface area (Å²) in [4.78, 5) is 0. The molecule has 0 fully saturated rings. The Morgan fingerprint density at radius 3 is 2.08 bits per heavy atom. The van der Waals surface area contributed by atoms with Gasteiger partial charge < -0.3 is 5.64 Å². The van der Waals surface area contributed by atoms with E-state index in [4.69, 9.17) is 5.64 Å². The normalized spacial score (nSPS) is 13.0. The summed E-state index contributed by atoms with van der Waals surface area (Å²) in [5.41, 5.74) is 7.43. The van der Waals surface area contributed by atoms with E-state index in [2.05, 4.69) is 45.0 Å². The van der Waals surface area contributed by atoms with Crippen molar-refractivity contribution in [2.45, 2.75) is 32.4 Å². The lowest BCUT2D eigenvalue weighted by molar-refractivity contribution is 0.933. The zero-order valence-corrected chi connectivity index (χ0v) is 8.70. The predicted octanol–water partition coefficient (Wildman–Crippen LogP) is 2.69. The Kier molecular flexibility index (Phi) is 3.55. The molecule has 0 saturated carbocycles. The summed E-state index contributed by atoms with van der Waals surface area (Å²) in [6.07, 6.45) is 0. The minimum Gasteiger partial charge on any atom is -0.369 e. The molecule has 0 aliphatic rings. The zero-order chi connectivity index (χ0) is 9.84. The van der Waals surface area contributed by atoms with Crippen LogP contribution in [0.2, 0.25) is 5.82 Å². The Morgan fingerprint density at radius 1 is 1.08 bits per heavy atom. The third-order valence-electron chi connectivity index (χ3n) is 2.67. The molecular formula is C11H18BN. The number of nitrogens with two attached hydrogens (primary N) is 1. The van der Waals surface area contributed by atoms with Crippen LogP contribution in [0.15, 0.2) is 30.3 Å². The molecule has 0 bridgehead atoms.